The van der Waals surface area contributed by atoms with Crippen LogP contribution in [0.1, 0.15) is 31.4 Å². The van der Waals surface area contributed by atoms with Crippen molar-refractivity contribution >= 4 is 12.0 Å². The minimum absolute atomic E-state index is 0.0780. The Morgan fingerprint density at radius 1 is 1.30 bits per heavy atom. The lowest BCUT2D eigenvalue weighted by Crippen LogP contribution is -2.45. The molecule has 0 saturated carbocycles. The minimum Gasteiger partial charge on any atom is -0.493 e. The number of rotatable bonds is 6. The van der Waals surface area contributed by atoms with Crippen molar-refractivity contribution < 1.29 is 28.5 Å². The topological polar surface area (TPSA) is 95.1 Å². The number of allylic oxidation sites excluding steroid dienone is 1. The summed E-state index contributed by atoms with van der Waals surface area (Å²) in [6.07, 6.45) is 1.75. The number of carbonyl (C=O) groups is 2. The zero-order valence-electron chi connectivity index (χ0n) is 15.7. The normalized spacial score (nSPS) is 22.1. The van der Waals surface area contributed by atoms with Crippen molar-refractivity contribution in [3.8, 4) is 11.5 Å². The van der Waals surface area contributed by atoms with Crippen molar-refractivity contribution in [2.45, 2.75) is 31.9 Å². The number of amides is 2. The highest BCUT2D eigenvalue weighted by molar-refractivity contribution is 5.95. The molecule has 0 radical (unpaired) electrons. The average molecular weight is 376 g/mol. The van der Waals surface area contributed by atoms with Crippen LogP contribution < -0.4 is 20.1 Å². The maximum Gasteiger partial charge on any atom is 0.338 e. The molecule has 2 heterocycles. The molecule has 1 aromatic carbocycles. The third-order valence-electron chi connectivity index (χ3n) is 4.66. The zero-order valence-corrected chi connectivity index (χ0v) is 15.7. The zero-order chi connectivity index (χ0) is 19.4. The van der Waals surface area contributed by atoms with Crippen LogP contribution in [0.25, 0.3) is 0 Å². The predicted octanol–water partition coefficient (Wildman–Crippen LogP) is 2.05. The molecule has 0 bridgehead atoms. The largest absolute Gasteiger partial charge is 0.493 e. The number of hydrogen-bond acceptors (Lipinski definition) is 6. The van der Waals surface area contributed by atoms with Crippen LogP contribution in [0.15, 0.2) is 29.5 Å². The molecule has 0 aromatic heterocycles. The molecular formula is C19H24N2O6. The molecule has 146 valence electrons. The Kier molecular flexibility index (Phi) is 5.85. The van der Waals surface area contributed by atoms with Crippen molar-refractivity contribution in [3.05, 3.63) is 35.0 Å². The third-order valence-corrected chi connectivity index (χ3v) is 4.66. The van der Waals surface area contributed by atoms with Gasteiger partial charge in [-0.15, -0.1) is 0 Å². The molecule has 8 heteroatoms. The molecule has 2 aliphatic heterocycles. The lowest BCUT2D eigenvalue weighted by Gasteiger charge is -2.29. The van der Waals surface area contributed by atoms with Gasteiger partial charge in [0, 0.05) is 17.9 Å². The fraction of sp³-hybridized carbons (Fsp3) is 0.474. The third kappa shape index (κ3) is 4.00. The van der Waals surface area contributed by atoms with Gasteiger partial charge in [-0.3, -0.25) is 0 Å². The van der Waals surface area contributed by atoms with Crippen LogP contribution in [0.5, 0.6) is 11.5 Å². The monoisotopic (exact) mass is 376 g/mol. The van der Waals surface area contributed by atoms with Gasteiger partial charge in [-0.2, -0.15) is 0 Å². The molecule has 1 saturated heterocycles. The number of esters is 1. The molecular weight excluding hydrogens is 352 g/mol. The van der Waals surface area contributed by atoms with E-state index in [1.165, 1.54) is 14.2 Å². The Morgan fingerprint density at radius 3 is 2.78 bits per heavy atom. The van der Waals surface area contributed by atoms with E-state index in [0.29, 0.717) is 34.9 Å². The maximum atomic E-state index is 12.8. The fourth-order valence-corrected chi connectivity index (χ4v) is 3.36. The number of methoxy groups -OCH3 is 2. The van der Waals surface area contributed by atoms with Crippen LogP contribution in [0.3, 0.4) is 0 Å². The van der Waals surface area contributed by atoms with E-state index in [1.807, 2.05) is 0 Å². The smallest absolute Gasteiger partial charge is 0.338 e. The second kappa shape index (κ2) is 8.30. The van der Waals surface area contributed by atoms with Crippen molar-refractivity contribution in [2.75, 3.05) is 27.4 Å². The Hall–Kier alpha value is -2.74. The van der Waals surface area contributed by atoms with Gasteiger partial charge in [0.1, 0.15) is 6.61 Å². The summed E-state index contributed by atoms with van der Waals surface area (Å²) in [5, 5.41) is 5.40. The fourth-order valence-electron chi connectivity index (χ4n) is 3.36. The Balaban J connectivity index is 1.91. The van der Waals surface area contributed by atoms with Crippen LogP contribution in [0.4, 0.5) is 4.79 Å². The van der Waals surface area contributed by atoms with E-state index in [2.05, 4.69) is 10.6 Å². The van der Waals surface area contributed by atoms with Crippen molar-refractivity contribution in [1.29, 1.82) is 0 Å². The number of hydrogen-bond donors (Lipinski definition) is 2. The summed E-state index contributed by atoms with van der Waals surface area (Å²) in [5.74, 6) is 0.447. The first-order chi connectivity index (χ1) is 13.0. The van der Waals surface area contributed by atoms with Crippen LogP contribution >= 0.6 is 0 Å². The van der Waals surface area contributed by atoms with Gasteiger partial charge in [-0.25, -0.2) is 9.59 Å². The summed E-state index contributed by atoms with van der Waals surface area (Å²) in [4.78, 5) is 24.9. The number of benzene rings is 1. The standard InChI is InChI=1S/C19H24N2O6/c1-11-15(18(22)27-10-12-6-5-9-26-12)16(21-19(23)20-11)13-7-4-8-14(24-2)17(13)25-3/h4,7-8,12,16H,5-6,9-10H2,1-3H3,(H2,20,21,23)/t12-,16-/m0/s1. The molecule has 0 unspecified atom stereocenters. The molecule has 2 amide bonds. The molecule has 2 aliphatic rings. The average Bonchev–Trinajstić information content (AvgIpc) is 3.18. The van der Waals surface area contributed by atoms with Crippen molar-refractivity contribution in [3.63, 3.8) is 0 Å². The lowest BCUT2D eigenvalue weighted by atomic mass is 9.94. The van der Waals surface area contributed by atoms with Gasteiger partial charge in [-0.05, 0) is 25.8 Å². The van der Waals surface area contributed by atoms with Gasteiger partial charge < -0.3 is 29.6 Å². The SMILES string of the molecule is COc1cccc([C@@H]2NC(=O)NC(C)=C2C(=O)OC[C@@H]2CCCO2)c1OC. The molecule has 0 spiro atoms. The van der Waals surface area contributed by atoms with E-state index in [4.69, 9.17) is 18.9 Å². The number of carbonyl (C=O) groups excluding carboxylic acids is 2. The lowest BCUT2D eigenvalue weighted by molar-refractivity contribution is -0.142. The molecule has 0 aliphatic carbocycles. The molecule has 2 N–H and O–H groups in total. The van der Waals surface area contributed by atoms with E-state index in [1.54, 1.807) is 25.1 Å². The Morgan fingerprint density at radius 2 is 2.11 bits per heavy atom. The molecule has 27 heavy (non-hydrogen) atoms. The van der Waals surface area contributed by atoms with Gasteiger partial charge in [0.25, 0.3) is 0 Å². The Labute approximate surface area is 157 Å². The quantitative estimate of drug-likeness (QED) is 0.738. The van der Waals surface area contributed by atoms with Crippen LogP contribution in [0, 0.1) is 0 Å². The Bertz CT molecular complexity index is 755. The van der Waals surface area contributed by atoms with E-state index >= 15 is 0 Å². The molecule has 8 nitrogen and oxygen atoms in total. The summed E-state index contributed by atoms with van der Waals surface area (Å²) in [5.41, 5.74) is 1.36. The van der Waals surface area contributed by atoms with Gasteiger partial charge in [0.2, 0.25) is 0 Å². The van der Waals surface area contributed by atoms with Crippen LogP contribution in [-0.4, -0.2) is 45.5 Å². The van der Waals surface area contributed by atoms with Crippen molar-refractivity contribution in [1.82, 2.24) is 10.6 Å². The second-order valence-corrected chi connectivity index (χ2v) is 6.39. The van der Waals surface area contributed by atoms with Gasteiger partial charge in [0.15, 0.2) is 11.5 Å². The molecule has 1 fully saturated rings. The molecule has 2 atom stereocenters. The number of nitrogens with one attached hydrogen (secondary N) is 2. The molecule has 1 aromatic rings. The first-order valence-corrected chi connectivity index (χ1v) is 8.83. The summed E-state index contributed by atoms with van der Waals surface area (Å²) >= 11 is 0. The van der Waals surface area contributed by atoms with E-state index in [9.17, 15) is 9.59 Å². The van der Waals surface area contributed by atoms with E-state index < -0.39 is 18.0 Å². The molecule has 3 rings (SSSR count). The highest BCUT2D eigenvalue weighted by Crippen LogP contribution is 2.39. The first-order valence-electron chi connectivity index (χ1n) is 8.83. The summed E-state index contributed by atoms with van der Waals surface area (Å²) in [6.45, 7) is 2.54. The maximum absolute atomic E-state index is 12.8. The van der Waals surface area contributed by atoms with Gasteiger partial charge >= 0.3 is 12.0 Å². The highest BCUT2D eigenvalue weighted by Gasteiger charge is 2.35. The minimum atomic E-state index is -0.721. The summed E-state index contributed by atoms with van der Waals surface area (Å²) < 4.78 is 21.8. The summed E-state index contributed by atoms with van der Waals surface area (Å²) in [6, 6.07) is 4.17. The van der Waals surface area contributed by atoms with Gasteiger partial charge in [0.05, 0.1) is 31.9 Å². The van der Waals surface area contributed by atoms with Crippen LogP contribution in [0.2, 0.25) is 0 Å². The number of para-hydroxylation sites is 1. The van der Waals surface area contributed by atoms with E-state index in [0.717, 1.165) is 12.8 Å². The predicted molar refractivity (Wildman–Crippen MR) is 96.6 cm³/mol. The first kappa shape index (κ1) is 19.0. The summed E-state index contributed by atoms with van der Waals surface area (Å²) in [7, 11) is 3.04. The second-order valence-electron chi connectivity index (χ2n) is 6.39. The highest BCUT2D eigenvalue weighted by atomic mass is 16.6. The number of ether oxygens (including phenoxy) is 4. The number of urea groups is 1. The van der Waals surface area contributed by atoms with Crippen LogP contribution in [-0.2, 0) is 14.3 Å². The van der Waals surface area contributed by atoms with Crippen molar-refractivity contribution in [2.24, 2.45) is 0 Å². The van der Waals surface area contributed by atoms with E-state index in [-0.39, 0.29) is 12.7 Å². The van der Waals surface area contributed by atoms with Gasteiger partial charge in [-0.1, -0.05) is 12.1 Å².